The van der Waals surface area contributed by atoms with E-state index in [4.69, 9.17) is 9.84 Å². The Labute approximate surface area is 211 Å². The summed E-state index contributed by atoms with van der Waals surface area (Å²) in [5.41, 5.74) is 2.34. The summed E-state index contributed by atoms with van der Waals surface area (Å²) in [7, 11) is 4.80. The molecule has 0 saturated heterocycles. The summed E-state index contributed by atoms with van der Waals surface area (Å²) in [6, 6.07) is 10.4. The second-order valence-corrected chi connectivity index (χ2v) is 7.66. The first-order chi connectivity index (χ1) is 17.9. The number of nitrogens with zero attached hydrogens (tertiary/aromatic N) is 6. The van der Waals surface area contributed by atoms with Gasteiger partial charge in [0.2, 0.25) is 0 Å². The van der Waals surface area contributed by atoms with Gasteiger partial charge in [-0.3, -0.25) is 9.48 Å². The third-order valence-electron chi connectivity index (χ3n) is 5.09. The molecule has 0 fully saturated rings. The van der Waals surface area contributed by atoms with Crippen LogP contribution < -0.4 is 26.0 Å². The zero-order valence-corrected chi connectivity index (χ0v) is 20.2. The molecule has 0 saturated carbocycles. The van der Waals surface area contributed by atoms with Gasteiger partial charge in [0, 0.05) is 32.9 Å². The fourth-order valence-electron chi connectivity index (χ4n) is 3.39. The van der Waals surface area contributed by atoms with Gasteiger partial charge in [-0.2, -0.15) is 5.10 Å². The van der Waals surface area contributed by atoms with Crippen LogP contribution in [0.1, 0.15) is 16.1 Å². The van der Waals surface area contributed by atoms with Gasteiger partial charge < -0.3 is 31.1 Å². The minimum Gasteiger partial charge on any atom is -0.494 e. The number of methoxy groups -OCH3 is 1. The maximum atomic E-state index is 12.5. The maximum Gasteiger partial charge on any atom is 0.404 e. The maximum absolute atomic E-state index is 12.5. The van der Waals surface area contributed by atoms with Gasteiger partial charge >= 0.3 is 6.09 Å². The van der Waals surface area contributed by atoms with E-state index in [1.165, 1.54) is 20.4 Å². The van der Waals surface area contributed by atoms with Crippen molar-refractivity contribution in [3.63, 3.8) is 0 Å². The Morgan fingerprint density at radius 2 is 1.89 bits per heavy atom. The molecule has 3 heterocycles. The summed E-state index contributed by atoms with van der Waals surface area (Å²) >= 11 is 0. The van der Waals surface area contributed by atoms with Crippen LogP contribution in [-0.2, 0) is 13.6 Å². The molecule has 190 valence electrons. The molecule has 0 atom stereocenters. The van der Waals surface area contributed by atoms with Gasteiger partial charge in [0.25, 0.3) is 5.91 Å². The number of nitrogens with one attached hydrogen (secondary N) is 4. The third kappa shape index (κ3) is 5.87. The minimum absolute atomic E-state index is 0.0690. The van der Waals surface area contributed by atoms with Crippen LogP contribution >= 0.6 is 0 Å². The Bertz CT molecular complexity index is 1420. The quantitative estimate of drug-likeness (QED) is 0.225. The average molecular weight is 505 g/mol. The van der Waals surface area contributed by atoms with Gasteiger partial charge in [-0.15, -0.1) is 10.2 Å². The Hall–Kier alpha value is -5.27. The molecule has 0 aliphatic heterocycles. The van der Waals surface area contributed by atoms with Gasteiger partial charge in [0.05, 0.1) is 24.0 Å². The first-order valence-corrected chi connectivity index (χ1v) is 11.0. The topological polar surface area (TPSA) is 181 Å². The fraction of sp³-hybridized carbons (Fsp3) is 0.174. The van der Waals surface area contributed by atoms with Gasteiger partial charge in [0.15, 0.2) is 23.1 Å². The molecular weight excluding hydrogens is 480 g/mol. The molecule has 2 amide bonds. The average Bonchev–Trinajstić information content (AvgIpc) is 3.34. The third-order valence-corrected chi connectivity index (χ3v) is 5.09. The lowest BCUT2D eigenvalue weighted by Gasteiger charge is -2.16. The standard InChI is InChI=1S/C23H24N10O4/c1-24-22(34)19-16(28-15-6-4-5-14(20(15)37-3)21-27-12-33(2)32-21)9-18(30-31-19)29-17-8-7-13(10-25-17)11-26-23(35)36/h4-10,12,26H,11H2,1-3H3,(H,24,34)(H,35,36)(H2,25,28,29,30). The molecule has 37 heavy (non-hydrogen) atoms. The number of para-hydroxylation sites is 1. The van der Waals surface area contributed by atoms with Crippen LogP contribution in [0.25, 0.3) is 11.4 Å². The van der Waals surface area contributed by atoms with Crippen LogP contribution in [0.15, 0.2) is 48.9 Å². The summed E-state index contributed by atoms with van der Waals surface area (Å²) in [6.45, 7) is 0.131. The van der Waals surface area contributed by atoms with Crippen molar-refractivity contribution in [2.75, 3.05) is 24.8 Å². The molecule has 5 N–H and O–H groups in total. The summed E-state index contributed by atoms with van der Waals surface area (Å²) < 4.78 is 7.24. The number of hydrogen-bond donors (Lipinski definition) is 5. The first-order valence-electron chi connectivity index (χ1n) is 11.0. The van der Waals surface area contributed by atoms with Gasteiger partial charge in [-0.25, -0.2) is 14.8 Å². The van der Waals surface area contributed by atoms with Crippen LogP contribution in [0.2, 0.25) is 0 Å². The molecule has 1 aromatic carbocycles. The van der Waals surface area contributed by atoms with E-state index < -0.39 is 12.0 Å². The molecule has 0 spiro atoms. The monoisotopic (exact) mass is 504 g/mol. The van der Waals surface area contributed by atoms with E-state index >= 15 is 0 Å². The van der Waals surface area contributed by atoms with Crippen LogP contribution in [0.4, 0.5) is 27.8 Å². The molecule has 0 radical (unpaired) electrons. The molecule has 0 unspecified atom stereocenters. The number of hydrogen-bond acceptors (Lipinski definition) is 10. The summed E-state index contributed by atoms with van der Waals surface area (Å²) in [5.74, 6) is 1.30. The number of carboxylic acid groups (broad SMARTS) is 1. The molecule has 14 nitrogen and oxygen atoms in total. The molecule has 14 heteroatoms. The van der Waals surface area contributed by atoms with Gasteiger partial charge in [-0.05, 0) is 23.8 Å². The van der Waals surface area contributed by atoms with Crippen LogP contribution in [-0.4, -0.2) is 61.2 Å². The number of pyridine rings is 1. The lowest BCUT2D eigenvalue weighted by Crippen LogP contribution is -2.21. The second-order valence-electron chi connectivity index (χ2n) is 7.66. The van der Waals surface area contributed by atoms with E-state index in [0.717, 1.165) is 0 Å². The number of benzene rings is 1. The van der Waals surface area contributed by atoms with Crippen molar-refractivity contribution in [3.8, 4) is 17.1 Å². The Morgan fingerprint density at radius 1 is 1.05 bits per heavy atom. The zero-order valence-electron chi connectivity index (χ0n) is 20.2. The lowest BCUT2D eigenvalue weighted by molar-refractivity contribution is 0.0958. The summed E-state index contributed by atoms with van der Waals surface area (Å²) in [4.78, 5) is 31.7. The number of amides is 2. The lowest BCUT2D eigenvalue weighted by atomic mass is 10.1. The van der Waals surface area contributed by atoms with Gasteiger partial charge in [0.1, 0.15) is 12.1 Å². The molecule has 3 aromatic heterocycles. The Kier molecular flexibility index (Phi) is 7.37. The van der Waals surface area contributed by atoms with Crippen molar-refractivity contribution >= 4 is 35.0 Å². The molecule has 4 rings (SSSR count). The number of anilines is 4. The minimum atomic E-state index is -1.12. The Balaban J connectivity index is 1.63. The van der Waals surface area contributed by atoms with Crippen molar-refractivity contribution in [1.29, 1.82) is 0 Å². The number of carbonyl (C=O) groups is 2. The smallest absolute Gasteiger partial charge is 0.404 e. The van der Waals surface area contributed by atoms with Crippen LogP contribution in [0, 0.1) is 0 Å². The highest BCUT2D eigenvalue weighted by Gasteiger charge is 2.19. The molecule has 0 aliphatic rings. The summed E-state index contributed by atoms with van der Waals surface area (Å²) in [5, 5.41) is 32.3. The Morgan fingerprint density at radius 3 is 2.54 bits per heavy atom. The van der Waals surface area contributed by atoms with E-state index in [1.807, 2.05) is 12.1 Å². The number of aromatic nitrogens is 6. The van der Waals surface area contributed by atoms with E-state index in [1.54, 1.807) is 42.3 Å². The zero-order chi connectivity index (χ0) is 26.4. The predicted molar refractivity (Wildman–Crippen MR) is 134 cm³/mol. The van der Waals surface area contributed by atoms with Gasteiger partial charge in [-0.1, -0.05) is 12.1 Å². The molecule has 4 aromatic rings. The predicted octanol–water partition coefficient (Wildman–Crippen LogP) is 2.29. The van der Waals surface area contributed by atoms with Crippen LogP contribution in [0.3, 0.4) is 0 Å². The normalized spacial score (nSPS) is 10.5. The van der Waals surface area contributed by atoms with Crippen LogP contribution in [0.5, 0.6) is 5.75 Å². The number of rotatable bonds is 9. The SMILES string of the molecule is CNC(=O)c1nnc(Nc2ccc(CNC(=O)O)cn2)cc1Nc1cccc(-c2ncn(C)n2)c1OC. The van der Waals surface area contributed by atoms with Crippen molar-refractivity contribution in [1.82, 2.24) is 40.6 Å². The second kappa shape index (κ2) is 11.0. The van der Waals surface area contributed by atoms with Crippen molar-refractivity contribution in [2.24, 2.45) is 7.05 Å². The van der Waals surface area contributed by atoms with Crippen molar-refractivity contribution in [2.45, 2.75) is 6.54 Å². The van der Waals surface area contributed by atoms with E-state index in [2.05, 4.69) is 46.5 Å². The highest BCUT2D eigenvalue weighted by Crippen LogP contribution is 2.37. The fourth-order valence-corrected chi connectivity index (χ4v) is 3.39. The first kappa shape index (κ1) is 24.8. The molecule has 0 bridgehead atoms. The summed E-state index contributed by atoms with van der Waals surface area (Å²) in [6.07, 6.45) is 2.00. The number of ether oxygens (including phenoxy) is 1. The molecule has 0 aliphatic carbocycles. The van der Waals surface area contributed by atoms with E-state index in [0.29, 0.717) is 45.7 Å². The van der Waals surface area contributed by atoms with Crippen molar-refractivity contribution in [3.05, 3.63) is 60.2 Å². The number of aryl methyl sites for hydroxylation is 1. The van der Waals surface area contributed by atoms with E-state index in [-0.39, 0.29) is 12.2 Å². The molecular formula is C23H24N10O4. The largest absolute Gasteiger partial charge is 0.494 e. The highest BCUT2D eigenvalue weighted by molar-refractivity contribution is 5.99. The number of carbonyl (C=O) groups excluding carboxylic acids is 1. The highest BCUT2D eigenvalue weighted by atomic mass is 16.5. The van der Waals surface area contributed by atoms with Crippen molar-refractivity contribution < 1.29 is 19.4 Å². The van der Waals surface area contributed by atoms with E-state index in [9.17, 15) is 9.59 Å².